The maximum Gasteiger partial charge on any atom is 0.0246 e. The monoisotopic (exact) mass is 115 g/mol. The van der Waals surface area contributed by atoms with Crippen molar-refractivity contribution in [3.05, 3.63) is 0 Å². The summed E-state index contributed by atoms with van der Waals surface area (Å²) >= 11 is 5.34. The summed E-state index contributed by atoms with van der Waals surface area (Å²) in [5, 5.41) is 0. The minimum absolute atomic E-state index is 0. The van der Waals surface area contributed by atoms with Crippen LogP contribution >= 0.6 is 11.6 Å². The van der Waals surface area contributed by atoms with Crippen LogP contribution in [0.5, 0.6) is 0 Å². The van der Waals surface area contributed by atoms with Gasteiger partial charge in [-0.25, -0.2) is 0 Å². The fourth-order valence-corrected chi connectivity index (χ4v) is 0. The van der Waals surface area contributed by atoms with Crippen LogP contribution in [-0.4, -0.2) is 35.4 Å². The van der Waals surface area contributed by atoms with E-state index >= 15 is 0 Å². The molecule has 0 aromatic carbocycles. The molecule has 0 saturated heterocycles. The molecule has 0 aliphatic rings. The van der Waals surface area contributed by atoms with Gasteiger partial charge in [-0.05, 0) is 5.92 Å². The molecule has 0 saturated carbocycles. The van der Waals surface area contributed by atoms with E-state index in [2.05, 4.69) is 13.8 Å². The Balaban J connectivity index is 0. The molecule has 0 aromatic rings. The Morgan fingerprint density at radius 1 is 1.50 bits per heavy atom. The molecule has 0 atom stereocenters. The minimum Gasteiger partial charge on any atom is -0.126 e. The van der Waals surface area contributed by atoms with Crippen molar-refractivity contribution < 1.29 is 0 Å². The van der Waals surface area contributed by atoms with E-state index in [-0.39, 0.29) is 29.6 Å². The molecule has 33 valence electrons. The van der Waals surface area contributed by atoms with Crippen LogP contribution in [0.1, 0.15) is 13.8 Å². The van der Waals surface area contributed by atoms with E-state index in [1.807, 2.05) is 0 Å². The van der Waals surface area contributed by atoms with Gasteiger partial charge in [0.15, 0.2) is 0 Å². The number of rotatable bonds is 1. The van der Waals surface area contributed by atoms with Crippen LogP contribution in [0.4, 0.5) is 0 Å². The average molecular weight is 116 g/mol. The van der Waals surface area contributed by atoms with Gasteiger partial charge in [-0.1, -0.05) is 13.8 Å². The number of halogens is 1. The fourth-order valence-electron chi connectivity index (χ4n) is 0. The molecule has 0 heterocycles. The van der Waals surface area contributed by atoms with Crippen molar-refractivity contribution in [1.82, 2.24) is 0 Å². The Bertz CT molecular complexity index is 21.5. The van der Waals surface area contributed by atoms with Crippen molar-refractivity contribution >= 4 is 41.2 Å². The van der Waals surface area contributed by atoms with E-state index in [1.54, 1.807) is 0 Å². The zero-order chi connectivity index (χ0) is 4.28. The third-order valence-corrected chi connectivity index (χ3v) is 0.926. The first kappa shape index (κ1) is 10.3. The van der Waals surface area contributed by atoms with Crippen molar-refractivity contribution in [1.29, 1.82) is 0 Å². The Hall–Kier alpha value is 1.29. The third kappa shape index (κ3) is 8.99. The van der Waals surface area contributed by atoms with Crippen molar-refractivity contribution in [2.75, 3.05) is 5.88 Å². The van der Waals surface area contributed by atoms with Crippen LogP contribution in [0.15, 0.2) is 0 Å². The second-order valence-corrected chi connectivity index (χ2v) is 1.86. The van der Waals surface area contributed by atoms with Gasteiger partial charge in [0.05, 0.1) is 0 Å². The van der Waals surface area contributed by atoms with Crippen LogP contribution in [0.25, 0.3) is 0 Å². The summed E-state index contributed by atoms with van der Waals surface area (Å²) in [5.74, 6) is 1.43. The molecule has 0 aromatic heterocycles. The first-order valence-electron chi connectivity index (χ1n) is 1.83. The summed E-state index contributed by atoms with van der Waals surface area (Å²) in [6.45, 7) is 4.18. The molecule has 0 unspecified atom stereocenters. The van der Waals surface area contributed by atoms with Gasteiger partial charge in [-0.15, -0.1) is 11.6 Å². The summed E-state index contributed by atoms with van der Waals surface area (Å²) in [7, 11) is 0. The maximum absolute atomic E-state index is 5.34. The largest absolute Gasteiger partial charge is 0.126 e. The Kier molecular flexibility index (Phi) is 10.8. The smallest absolute Gasteiger partial charge is 0.0246 e. The molecule has 0 nitrogen and oxygen atoms in total. The van der Waals surface area contributed by atoms with Crippen molar-refractivity contribution in [3.8, 4) is 0 Å². The molecular weight excluding hydrogens is 106 g/mol. The van der Waals surface area contributed by atoms with Crippen LogP contribution in [0.3, 0.4) is 0 Å². The van der Waals surface area contributed by atoms with Gasteiger partial charge in [0, 0.05) is 35.4 Å². The summed E-state index contributed by atoms with van der Waals surface area (Å²) in [4.78, 5) is 0. The molecule has 0 amide bonds. The molecule has 0 fully saturated rings. The zero-order valence-electron chi connectivity index (χ0n) is 4.66. The average Bonchev–Trinajstić information content (AvgIpc) is 1.38. The standard InChI is InChI=1S/C4H9Cl.Na/c1-4(2)3-5;/h4H,3H2,1-2H3;. The van der Waals surface area contributed by atoms with Crippen molar-refractivity contribution in [2.45, 2.75) is 13.8 Å². The Morgan fingerprint density at radius 3 is 1.67 bits per heavy atom. The van der Waals surface area contributed by atoms with E-state index < -0.39 is 0 Å². The summed E-state index contributed by atoms with van der Waals surface area (Å²) in [5.41, 5.74) is 0. The molecule has 0 rings (SSSR count). The van der Waals surface area contributed by atoms with Gasteiger partial charge >= 0.3 is 0 Å². The maximum atomic E-state index is 5.34. The summed E-state index contributed by atoms with van der Waals surface area (Å²) in [6, 6.07) is 0. The van der Waals surface area contributed by atoms with E-state index in [1.165, 1.54) is 0 Å². The number of hydrogen-bond donors (Lipinski definition) is 0. The van der Waals surface area contributed by atoms with Crippen LogP contribution < -0.4 is 0 Å². The van der Waals surface area contributed by atoms with Crippen LogP contribution in [0, 0.1) is 5.92 Å². The van der Waals surface area contributed by atoms with Crippen LogP contribution in [-0.2, 0) is 0 Å². The van der Waals surface area contributed by atoms with Crippen LogP contribution in [0.2, 0.25) is 0 Å². The second kappa shape index (κ2) is 6.29. The van der Waals surface area contributed by atoms with E-state index in [0.717, 1.165) is 5.88 Å². The van der Waals surface area contributed by atoms with Gasteiger partial charge in [0.25, 0.3) is 0 Å². The Labute approximate surface area is 66.6 Å². The molecule has 0 bridgehead atoms. The van der Waals surface area contributed by atoms with E-state index in [9.17, 15) is 0 Å². The van der Waals surface area contributed by atoms with E-state index in [4.69, 9.17) is 11.6 Å². The summed E-state index contributed by atoms with van der Waals surface area (Å²) < 4.78 is 0. The van der Waals surface area contributed by atoms with Crippen molar-refractivity contribution in [2.24, 2.45) is 5.92 Å². The van der Waals surface area contributed by atoms with E-state index in [0.29, 0.717) is 5.92 Å². The molecular formula is C4H9ClNa. The van der Waals surface area contributed by atoms with Gasteiger partial charge in [-0.3, -0.25) is 0 Å². The first-order valence-corrected chi connectivity index (χ1v) is 2.36. The normalized spacial score (nSPS) is 8.00. The Morgan fingerprint density at radius 2 is 1.67 bits per heavy atom. The quantitative estimate of drug-likeness (QED) is 0.359. The molecule has 1 radical (unpaired) electrons. The molecule has 0 N–H and O–H groups in total. The van der Waals surface area contributed by atoms with Gasteiger partial charge in [0.2, 0.25) is 0 Å². The topological polar surface area (TPSA) is 0 Å². The SMILES string of the molecule is CC(C)CCl.[Na]. The number of alkyl halides is 1. The molecule has 6 heavy (non-hydrogen) atoms. The minimum atomic E-state index is 0. The predicted molar refractivity (Wildman–Crippen MR) is 31.3 cm³/mol. The predicted octanol–water partition coefficient (Wildman–Crippen LogP) is 1.50. The van der Waals surface area contributed by atoms with Gasteiger partial charge < -0.3 is 0 Å². The van der Waals surface area contributed by atoms with Crippen molar-refractivity contribution in [3.63, 3.8) is 0 Å². The molecule has 0 spiro atoms. The number of hydrogen-bond acceptors (Lipinski definition) is 0. The first-order chi connectivity index (χ1) is 2.27. The molecule has 0 aliphatic heterocycles. The fraction of sp³-hybridized carbons (Fsp3) is 1.00. The molecule has 2 heteroatoms. The van der Waals surface area contributed by atoms with Gasteiger partial charge in [0.1, 0.15) is 0 Å². The van der Waals surface area contributed by atoms with Gasteiger partial charge in [-0.2, -0.15) is 0 Å². The molecule has 0 aliphatic carbocycles. The summed E-state index contributed by atoms with van der Waals surface area (Å²) in [6.07, 6.45) is 0. The zero-order valence-corrected chi connectivity index (χ0v) is 7.42. The third-order valence-electron chi connectivity index (χ3n) is 0.309. The second-order valence-electron chi connectivity index (χ2n) is 1.55.